The van der Waals surface area contributed by atoms with Crippen LogP contribution in [0.3, 0.4) is 0 Å². The van der Waals surface area contributed by atoms with E-state index in [1.165, 1.54) is 47.0 Å². The van der Waals surface area contributed by atoms with Crippen molar-refractivity contribution in [3.63, 3.8) is 0 Å². The van der Waals surface area contributed by atoms with Crippen molar-refractivity contribution in [3.8, 4) is 12.1 Å². The third-order valence-corrected chi connectivity index (χ3v) is 14.1. The number of aromatic nitrogens is 2. The van der Waals surface area contributed by atoms with Crippen molar-refractivity contribution < 1.29 is 18.0 Å². The summed E-state index contributed by atoms with van der Waals surface area (Å²) in [6, 6.07) is 23.3. The van der Waals surface area contributed by atoms with Crippen molar-refractivity contribution in [2.45, 2.75) is 89.4 Å². The van der Waals surface area contributed by atoms with E-state index in [9.17, 15) is 23.2 Å². The molecule has 1 aromatic heterocycles. The van der Waals surface area contributed by atoms with Crippen LogP contribution in [0, 0.1) is 28.6 Å². The number of hydrogen-bond acceptors (Lipinski definition) is 8. The molecule has 0 bridgehead atoms. The summed E-state index contributed by atoms with van der Waals surface area (Å²) >= 11 is 0. The highest BCUT2D eigenvalue weighted by atomic mass is 19.4. The minimum Gasteiger partial charge on any atom is -0.372 e. The molecule has 4 aromatic rings. The van der Waals surface area contributed by atoms with Gasteiger partial charge in [0.05, 0.1) is 41.4 Å². The summed E-state index contributed by atoms with van der Waals surface area (Å²) in [6.45, 7) is 10.5. The Bertz CT molecular complexity index is 2320. The number of nitrogens with zero attached hydrogens (tertiary/aromatic N) is 9. The van der Waals surface area contributed by atoms with Crippen LogP contribution in [0.25, 0.3) is 0 Å². The second-order valence-electron chi connectivity index (χ2n) is 17.7. The Labute approximate surface area is 356 Å². The molecule has 318 valence electrons. The van der Waals surface area contributed by atoms with Crippen LogP contribution in [0.2, 0.25) is 0 Å². The van der Waals surface area contributed by atoms with Crippen molar-refractivity contribution in [1.82, 2.24) is 19.6 Å². The van der Waals surface area contributed by atoms with Crippen molar-refractivity contribution >= 4 is 28.8 Å². The molecule has 3 saturated heterocycles. The van der Waals surface area contributed by atoms with Gasteiger partial charge in [-0.05, 0) is 123 Å². The Kier molecular flexibility index (Phi) is 11.4. The predicted molar refractivity (Wildman–Crippen MR) is 230 cm³/mol. The van der Waals surface area contributed by atoms with E-state index < -0.39 is 11.7 Å². The van der Waals surface area contributed by atoms with Gasteiger partial charge in [-0.1, -0.05) is 12.1 Å². The lowest BCUT2D eigenvalue weighted by atomic mass is 9.88. The van der Waals surface area contributed by atoms with Gasteiger partial charge in [0.1, 0.15) is 0 Å². The molecule has 5 aliphatic heterocycles. The fourth-order valence-corrected chi connectivity index (χ4v) is 10.7. The Hall–Kier alpha value is -5.53. The third-order valence-electron chi connectivity index (χ3n) is 14.1. The normalized spacial score (nSPS) is 19.6. The molecule has 9 rings (SSSR count). The van der Waals surface area contributed by atoms with E-state index in [0.717, 1.165) is 108 Å². The summed E-state index contributed by atoms with van der Waals surface area (Å²) in [7, 11) is 0. The van der Waals surface area contributed by atoms with Crippen LogP contribution < -0.4 is 14.7 Å². The van der Waals surface area contributed by atoms with Crippen LogP contribution in [-0.2, 0) is 30.4 Å². The SMILES string of the molecule is CC(=O)N1CCc2c(c(N3CCCc4cc(C#N)ccc43)nn2C2CCN(CC3CCN(c4ccc(C5CCN(c6ccc(C#N)c(C(F)(F)F)c6)CC5)cc4)CC3)CC2)C1. The van der Waals surface area contributed by atoms with Crippen LogP contribution in [-0.4, -0.2) is 84.4 Å². The number of anilines is 4. The zero-order chi connectivity index (χ0) is 42.3. The summed E-state index contributed by atoms with van der Waals surface area (Å²) in [6.07, 6.45) is 4.40. The maximum atomic E-state index is 13.6. The predicted octanol–water partition coefficient (Wildman–Crippen LogP) is 8.57. The first-order valence-corrected chi connectivity index (χ1v) is 22.2. The fourth-order valence-electron chi connectivity index (χ4n) is 10.7. The van der Waals surface area contributed by atoms with E-state index in [1.807, 2.05) is 21.9 Å². The van der Waals surface area contributed by atoms with Crippen LogP contribution in [0.1, 0.15) is 103 Å². The average Bonchev–Trinajstić information content (AvgIpc) is 3.67. The number of amides is 1. The van der Waals surface area contributed by atoms with Gasteiger partial charge in [-0.25, -0.2) is 0 Å². The molecule has 0 radical (unpaired) electrons. The van der Waals surface area contributed by atoms with E-state index in [4.69, 9.17) is 10.4 Å². The minimum absolute atomic E-state index is 0.101. The Morgan fingerprint density at radius 2 is 1.49 bits per heavy atom. The first-order chi connectivity index (χ1) is 29.6. The van der Waals surface area contributed by atoms with Gasteiger partial charge < -0.3 is 24.5 Å². The molecule has 0 unspecified atom stereocenters. The van der Waals surface area contributed by atoms with Gasteiger partial charge in [0.2, 0.25) is 5.91 Å². The molecule has 0 atom stereocenters. The van der Waals surface area contributed by atoms with E-state index in [0.29, 0.717) is 48.8 Å². The molecule has 3 aromatic carbocycles. The fraction of sp³-hybridized carbons (Fsp3) is 0.500. The van der Waals surface area contributed by atoms with Gasteiger partial charge in [0, 0.05) is 101 Å². The number of carbonyl (C=O) groups is 1. The highest BCUT2D eigenvalue weighted by molar-refractivity contribution is 5.75. The molecule has 0 saturated carbocycles. The molecule has 3 fully saturated rings. The van der Waals surface area contributed by atoms with Crippen molar-refractivity contribution in [1.29, 1.82) is 10.5 Å². The smallest absolute Gasteiger partial charge is 0.372 e. The maximum Gasteiger partial charge on any atom is 0.417 e. The number of hydrogen-bond donors (Lipinski definition) is 0. The summed E-state index contributed by atoms with van der Waals surface area (Å²) in [5.41, 5.74) is 7.33. The monoisotopic (exact) mass is 829 g/mol. The molecule has 6 heterocycles. The largest absolute Gasteiger partial charge is 0.417 e. The second kappa shape index (κ2) is 17.1. The lowest BCUT2D eigenvalue weighted by Gasteiger charge is -2.39. The number of likely N-dealkylation sites (tertiary alicyclic amines) is 1. The summed E-state index contributed by atoms with van der Waals surface area (Å²) in [5.74, 6) is 2.11. The Balaban J connectivity index is 0.772. The number of nitriles is 2. The summed E-state index contributed by atoms with van der Waals surface area (Å²) in [5, 5.41) is 24.1. The highest BCUT2D eigenvalue weighted by Crippen LogP contribution is 2.41. The minimum atomic E-state index is -4.56. The quantitative estimate of drug-likeness (QED) is 0.183. The van der Waals surface area contributed by atoms with E-state index in [2.05, 4.69) is 55.8 Å². The van der Waals surface area contributed by atoms with Crippen LogP contribution in [0.4, 0.5) is 36.1 Å². The van der Waals surface area contributed by atoms with Crippen molar-refractivity contribution in [2.75, 3.05) is 73.6 Å². The number of alkyl halides is 3. The van der Waals surface area contributed by atoms with Crippen LogP contribution in [0.15, 0.2) is 60.7 Å². The van der Waals surface area contributed by atoms with E-state index >= 15 is 0 Å². The topological polar surface area (TPSA) is 98.7 Å². The van der Waals surface area contributed by atoms with Crippen molar-refractivity contribution in [3.05, 3.63) is 99.7 Å². The number of rotatable bonds is 7. The van der Waals surface area contributed by atoms with Crippen LogP contribution in [0.5, 0.6) is 0 Å². The summed E-state index contributed by atoms with van der Waals surface area (Å²) < 4.78 is 43.0. The molecule has 61 heavy (non-hydrogen) atoms. The Morgan fingerprint density at radius 1 is 0.787 bits per heavy atom. The number of piperidine rings is 3. The zero-order valence-electron chi connectivity index (χ0n) is 35.0. The van der Waals surface area contributed by atoms with E-state index in [1.54, 1.807) is 19.1 Å². The summed E-state index contributed by atoms with van der Waals surface area (Å²) in [4.78, 5) is 24.0. The number of carbonyl (C=O) groups excluding carboxylic acids is 1. The molecule has 0 spiro atoms. The lowest BCUT2D eigenvalue weighted by molar-refractivity contribution is -0.137. The lowest BCUT2D eigenvalue weighted by Crippen LogP contribution is -2.42. The first kappa shape index (κ1) is 40.9. The van der Waals surface area contributed by atoms with Crippen LogP contribution >= 0.6 is 0 Å². The number of aryl methyl sites for hydroxylation is 1. The molecule has 5 aliphatic rings. The molecule has 1 amide bonds. The molecule has 0 N–H and O–H groups in total. The Morgan fingerprint density at radius 3 is 2.18 bits per heavy atom. The second-order valence-corrected chi connectivity index (χ2v) is 17.7. The van der Waals surface area contributed by atoms with E-state index in [-0.39, 0.29) is 11.5 Å². The van der Waals surface area contributed by atoms with Gasteiger partial charge in [-0.3, -0.25) is 9.48 Å². The molecule has 0 aliphatic carbocycles. The highest BCUT2D eigenvalue weighted by Gasteiger charge is 2.36. The van der Waals surface area contributed by atoms with Gasteiger partial charge in [0.15, 0.2) is 5.82 Å². The van der Waals surface area contributed by atoms with Gasteiger partial charge in [-0.15, -0.1) is 0 Å². The molecule has 10 nitrogen and oxygen atoms in total. The standard InChI is InChI=1S/C48H54F3N9O/c1-33(61)58-26-18-46-43(32-58)47(59-19-2-3-38-27-35(29-52)4-11-45(38)59)54-60(46)41-16-20-55(21-17-41)31-34-12-22-56(23-13-34)40-8-5-36(6-9-40)37-14-24-57(25-15-37)42-10-7-39(30-53)44(28-42)48(49,50)51/h4-11,27-28,34,37,41H,2-3,12-26,31-32H2,1H3. The van der Waals surface area contributed by atoms with Crippen molar-refractivity contribution in [2.24, 2.45) is 5.92 Å². The van der Waals surface area contributed by atoms with Gasteiger partial charge in [0.25, 0.3) is 0 Å². The zero-order valence-corrected chi connectivity index (χ0v) is 35.0. The third kappa shape index (κ3) is 8.42. The number of benzene rings is 3. The molecule has 13 heteroatoms. The number of fused-ring (bicyclic) bond motifs is 2. The first-order valence-electron chi connectivity index (χ1n) is 22.2. The number of halogens is 3. The molecular formula is C48H54F3N9O. The van der Waals surface area contributed by atoms with Gasteiger partial charge in [-0.2, -0.15) is 28.8 Å². The molecular weight excluding hydrogens is 776 g/mol. The average molecular weight is 830 g/mol. The maximum absolute atomic E-state index is 13.6. The van der Waals surface area contributed by atoms with Gasteiger partial charge >= 0.3 is 6.18 Å².